The van der Waals surface area contributed by atoms with Gasteiger partial charge in [0.2, 0.25) is 0 Å². The van der Waals surface area contributed by atoms with E-state index in [4.69, 9.17) is 4.74 Å². The molecule has 0 aliphatic carbocycles. The van der Waals surface area contributed by atoms with Crippen molar-refractivity contribution in [2.45, 2.75) is 25.5 Å². The Morgan fingerprint density at radius 3 is 3.09 bits per heavy atom. The van der Waals surface area contributed by atoms with E-state index in [9.17, 15) is 4.79 Å². The van der Waals surface area contributed by atoms with Crippen molar-refractivity contribution in [3.05, 3.63) is 30.2 Å². The number of carbonyl (C=O) groups excluding carboxylic acids is 1. The zero-order valence-electron chi connectivity index (χ0n) is 12.2. The summed E-state index contributed by atoms with van der Waals surface area (Å²) >= 11 is 0. The molecule has 1 aliphatic rings. The van der Waals surface area contributed by atoms with Crippen molar-refractivity contribution in [3.8, 4) is 0 Å². The molecule has 3 rings (SSSR count). The average Bonchev–Trinajstić information content (AvgIpc) is 3.20. The number of nitrogens with zero attached hydrogens (tertiary/aromatic N) is 4. The maximum Gasteiger partial charge on any atom is 0.358 e. The Bertz CT molecular complexity index is 634. The van der Waals surface area contributed by atoms with Crippen molar-refractivity contribution >= 4 is 17.5 Å². The molecule has 22 heavy (non-hydrogen) atoms. The van der Waals surface area contributed by atoms with E-state index >= 15 is 0 Å². The maximum atomic E-state index is 11.3. The molecule has 0 spiro atoms. The molecule has 8 nitrogen and oxygen atoms in total. The number of hydrogen-bond acceptors (Lipinski definition) is 7. The molecule has 3 heterocycles. The van der Waals surface area contributed by atoms with E-state index in [1.165, 1.54) is 7.11 Å². The van der Waals surface area contributed by atoms with Gasteiger partial charge in [-0.05, 0) is 25.0 Å². The fraction of sp³-hybridized carbons (Fsp3) is 0.429. The number of carbonyl (C=O) groups is 1. The molecular formula is C14H17N5O3. The third-order valence-corrected chi connectivity index (χ3v) is 3.38. The summed E-state index contributed by atoms with van der Waals surface area (Å²) < 4.78 is 12.0. The largest absolute Gasteiger partial charge is 0.464 e. The first-order valence-electron chi connectivity index (χ1n) is 7.08. The van der Waals surface area contributed by atoms with Crippen LogP contribution in [0.25, 0.3) is 0 Å². The summed E-state index contributed by atoms with van der Waals surface area (Å²) in [7, 11) is 1.30. The van der Waals surface area contributed by atoms with Gasteiger partial charge in [-0.15, -0.1) is 10.2 Å². The number of nitrogens with one attached hydrogen (secondary N) is 1. The van der Waals surface area contributed by atoms with Crippen molar-refractivity contribution in [1.29, 1.82) is 0 Å². The minimum absolute atomic E-state index is 0.169. The molecule has 1 atom stereocenters. The second kappa shape index (κ2) is 6.52. The maximum absolute atomic E-state index is 11.3. The highest BCUT2D eigenvalue weighted by molar-refractivity contribution is 5.87. The molecule has 1 aliphatic heterocycles. The van der Waals surface area contributed by atoms with Gasteiger partial charge in [-0.1, -0.05) is 0 Å². The van der Waals surface area contributed by atoms with E-state index in [-0.39, 0.29) is 11.8 Å². The van der Waals surface area contributed by atoms with E-state index in [2.05, 4.69) is 25.3 Å². The molecule has 0 radical (unpaired) electrons. The first-order valence-corrected chi connectivity index (χ1v) is 7.08. The third kappa shape index (κ3) is 3.40. The molecule has 0 bridgehead atoms. The lowest BCUT2D eigenvalue weighted by atomic mass is 10.2. The van der Waals surface area contributed by atoms with Gasteiger partial charge in [0.1, 0.15) is 0 Å². The van der Waals surface area contributed by atoms with E-state index in [1.807, 2.05) is 10.9 Å². The number of anilines is 2. The summed E-state index contributed by atoms with van der Waals surface area (Å²) in [6.07, 6.45) is 6.02. The van der Waals surface area contributed by atoms with Crippen LogP contribution in [0.15, 0.2) is 24.5 Å². The van der Waals surface area contributed by atoms with Crippen molar-refractivity contribution in [2.75, 3.05) is 19.0 Å². The normalized spacial score (nSPS) is 17.4. The lowest BCUT2D eigenvalue weighted by molar-refractivity contribution is 0.0592. The second-order valence-corrected chi connectivity index (χ2v) is 5.01. The lowest BCUT2D eigenvalue weighted by Crippen LogP contribution is -2.15. The SMILES string of the molecule is COC(=O)c1ccc(Nc2cnn(C[C@H]3CCCO3)c2)nn1. The summed E-state index contributed by atoms with van der Waals surface area (Å²) in [5.74, 6) is 0.0211. The molecule has 116 valence electrons. The van der Waals surface area contributed by atoms with E-state index in [1.54, 1.807) is 18.3 Å². The van der Waals surface area contributed by atoms with Crippen LogP contribution in [-0.4, -0.2) is 45.8 Å². The molecule has 1 fully saturated rings. The van der Waals surface area contributed by atoms with Gasteiger partial charge < -0.3 is 14.8 Å². The van der Waals surface area contributed by atoms with Crippen LogP contribution in [0.4, 0.5) is 11.5 Å². The molecule has 1 N–H and O–H groups in total. The molecule has 8 heteroatoms. The summed E-state index contributed by atoms with van der Waals surface area (Å²) in [4.78, 5) is 11.3. The highest BCUT2D eigenvalue weighted by atomic mass is 16.5. The van der Waals surface area contributed by atoms with Gasteiger partial charge >= 0.3 is 5.97 Å². The van der Waals surface area contributed by atoms with Crippen molar-refractivity contribution in [3.63, 3.8) is 0 Å². The fourth-order valence-electron chi connectivity index (χ4n) is 2.29. The Morgan fingerprint density at radius 2 is 2.41 bits per heavy atom. The Balaban J connectivity index is 1.60. The smallest absolute Gasteiger partial charge is 0.358 e. The first-order chi connectivity index (χ1) is 10.7. The minimum atomic E-state index is -0.511. The standard InChI is InChI=1S/C14H17N5O3/c1-21-14(20)12-4-5-13(18-17-12)16-10-7-15-19(8-10)9-11-3-2-6-22-11/h4-5,7-8,11H,2-3,6,9H2,1H3,(H,16,18)/t11-/m1/s1. The Morgan fingerprint density at radius 1 is 1.50 bits per heavy atom. The lowest BCUT2D eigenvalue weighted by Gasteiger charge is -2.08. The summed E-state index contributed by atoms with van der Waals surface area (Å²) in [5, 5.41) is 15.1. The van der Waals surface area contributed by atoms with Crippen molar-refractivity contribution in [1.82, 2.24) is 20.0 Å². The van der Waals surface area contributed by atoms with Crippen LogP contribution in [-0.2, 0) is 16.0 Å². The first kappa shape index (κ1) is 14.5. The number of ether oxygens (including phenoxy) is 2. The highest BCUT2D eigenvalue weighted by Crippen LogP contribution is 2.16. The molecule has 0 unspecified atom stereocenters. The summed E-state index contributed by atoms with van der Waals surface area (Å²) in [6, 6.07) is 3.22. The average molecular weight is 303 g/mol. The Labute approximate surface area is 127 Å². The zero-order valence-corrected chi connectivity index (χ0v) is 12.2. The molecule has 0 aromatic carbocycles. The van der Waals surface area contributed by atoms with Gasteiger partial charge in [-0.25, -0.2) is 4.79 Å². The number of aromatic nitrogens is 4. The number of methoxy groups -OCH3 is 1. The van der Waals surface area contributed by atoms with Crippen LogP contribution in [0.5, 0.6) is 0 Å². The van der Waals surface area contributed by atoms with Crippen LogP contribution in [0.1, 0.15) is 23.3 Å². The Hall–Kier alpha value is -2.48. The van der Waals surface area contributed by atoms with Crippen molar-refractivity contribution < 1.29 is 14.3 Å². The Kier molecular flexibility index (Phi) is 4.29. The molecule has 2 aromatic rings. The van der Waals surface area contributed by atoms with E-state index < -0.39 is 5.97 Å². The predicted octanol–water partition coefficient (Wildman–Crippen LogP) is 1.38. The number of hydrogen-bond donors (Lipinski definition) is 1. The molecule has 0 saturated carbocycles. The van der Waals surface area contributed by atoms with Crippen molar-refractivity contribution in [2.24, 2.45) is 0 Å². The van der Waals surface area contributed by atoms with Crippen LogP contribution in [0, 0.1) is 0 Å². The van der Waals surface area contributed by atoms with Gasteiger partial charge in [0, 0.05) is 12.8 Å². The molecular weight excluding hydrogens is 286 g/mol. The highest BCUT2D eigenvalue weighted by Gasteiger charge is 2.16. The second-order valence-electron chi connectivity index (χ2n) is 5.01. The van der Waals surface area contributed by atoms with Crippen LogP contribution in [0.2, 0.25) is 0 Å². The summed E-state index contributed by atoms with van der Waals surface area (Å²) in [5.41, 5.74) is 0.972. The van der Waals surface area contributed by atoms with Gasteiger partial charge in [0.05, 0.1) is 31.6 Å². The molecule has 1 saturated heterocycles. The monoisotopic (exact) mass is 303 g/mol. The van der Waals surface area contributed by atoms with Gasteiger partial charge in [0.25, 0.3) is 0 Å². The van der Waals surface area contributed by atoms with E-state index in [0.717, 1.165) is 31.7 Å². The number of rotatable bonds is 5. The topological polar surface area (TPSA) is 91.2 Å². The van der Waals surface area contributed by atoms with Gasteiger partial charge in [-0.3, -0.25) is 4.68 Å². The van der Waals surface area contributed by atoms with Gasteiger partial charge in [0.15, 0.2) is 11.5 Å². The van der Waals surface area contributed by atoms with E-state index in [0.29, 0.717) is 5.82 Å². The van der Waals surface area contributed by atoms with Gasteiger partial charge in [-0.2, -0.15) is 5.10 Å². The quantitative estimate of drug-likeness (QED) is 0.834. The predicted molar refractivity (Wildman–Crippen MR) is 77.9 cm³/mol. The van der Waals surface area contributed by atoms with Crippen LogP contribution >= 0.6 is 0 Å². The molecule has 2 aromatic heterocycles. The molecule has 0 amide bonds. The van der Waals surface area contributed by atoms with Crippen LogP contribution < -0.4 is 5.32 Å². The zero-order chi connectivity index (χ0) is 15.4. The minimum Gasteiger partial charge on any atom is -0.464 e. The summed E-state index contributed by atoms with van der Waals surface area (Å²) in [6.45, 7) is 1.58. The van der Waals surface area contributed by atoms with Crippen LogP contribution in [0.3, 0.4) is 0 Å². The third-order valence-electron chi connectivity index (χ3n) is 3.38. The number of esters is 1. The fourth-order valence-corrected chi connectivity index (χ4v) is 2.29.